The van der Waals surface area contributed by atoms with Gasteiger partial charge < -0.3 is 21.1 Å². The Morgan fingerprint density at radius 2 is 1.83 bits per heavy atom. The number of aliphatic hydroxyl groups is 1. The molecular formula is C27H38F2N4O2. The Kier molecular flexibility index (Phi) is 6.74. The summed E-state index contributed by atoms with van der Waals surface area (Å²) >= 11 is 0. The molecule has 1 aromatic carbocycles. The Hall–Kier alpha value is -2.45. The number of anilines is 1. The van der Waals surface area contributed by atoms with E-state index in [1.165, 1.54) is 6.07 Å². The van der Waals surface area contributed by atoms with Crippen LogP contribution in [0.5, 0.6) is 0 Å². The molecule has 192 valence electrons. The molecule has 3 atom stereocenters. The highest BCUT2D eigenvalue weighted by atomic mass is 19.1. The molecule has 35 heavy (non-hydrogen) atoms. The van der Waals surface area contributed by atoms with E-state index in [2.05, 4.69) is 24.5 Å². The van der Waals surface area contributed by atoms with E-state index in [0.717, 1.165) is 12.8 Å². The molecule has 0 bridgehead atoms. The Labute approximate surface area is 206 Å². The van der Waals surface area contributed by atoms with Crippen LogP contribution in [-0.4, -0.2) is 47.6 Å². The summed E-state index contributed by atoms with van der Waals surface area (Å²) in [5.41, 5.74) is 7.50. The highest BCUT2D eigenvalue weighted by Crippen LogP contribution is 2.48. The zero-order chi connectivity index (χ0) is 25.7. The number of carbonyl (C=O) groups is 1. The van der Waals surface area contributed by atoms with Gasteiger partial charge in [-0.15, -0.1) is 0 Å². The van der Waals surface area contributed by atoms with E-state index in [-0.39, 0.29) is 17.8 Å². The summed E-state index contributed by atoms with van der Waals surface area (Å²) in [4.78, 5) is 14.7. The number of benzene rings is 1. The van der Waals surface area contributed by atoms with Crippen molar-refractivity contribution >= 4 is 11.6 Å². The second-order valence-corrected chi connectivity index (χ2v) is 11.4. The molecule has 3 aliphatic rings. The molecule has 4 rings (SSSR count). The molecule has 1 aliphatic carbocycles. The summed E-state index contributed by atoms with van der Waals surface area (Å²) in [7, 11) is 1.82. The lowest BCUT2D eigenvalue weighted by atomic mass is 9.66. The van der Waals surface area contributed by atoms with Gasteiger partial charge in [0.25, 0.3) is 0 Å². The highest BCUT2D eigenvalue weighted by molar-refractivity contribution is 5.81. The van der Waals surface area contributed by atoms with Crippen LogP contribution >= 0.6 is 0 Å². The molecule has 6 nitrogen and oxygen atoms in total. The van der Waals surface area contributed by atoms with Crippen molar-refractivity contribution in [1.82, 2.24) is 10.2 Å². The molecule has 1 fully saturated rings. The van der Waals surface area contributed by atoms with Crippen LogP contribution in [0.25, 0.3) is 0 Å². The van der Waals surface area contributed by atoms with Gasteiger partial charge in [0.15, 0.2) is 0 Å². The average molecular weight is 489 g/mol. The fraction of sp³-hybridized carbons (Fsp3) is 0.593. The fourth-order valence-corrected chi connectivity index (χ4v) is 5.70. The molecule has 0 radical (unpaired) electrons. The molecule has 0 aromatic heterocycles. The summed E-state index contributed by atoms with van der Waals surface area (Å²) in [6, 6.07) is 2.13. The zero-order valence-electron chi connectivity index (χ0n) is 21.3. The Bertz CT molecular complexity index is 1070. The van der Waals surface area contributed by atoms with Crippen LogP contribution < -0.4 is 16.4 Å². The molecule has 0 unspecified atom stereocenters. The minimum absolute atomic E-state index is 0.0781. The number of nitrogens with two attached hydrogens (primary N) is 1. The van der Waals surface area contributed by atoms with E-state index >= 15 is 4.39 Å². The topological polar surface area (TPSA) is 90.6 Å². The monoisotopic (exact) mass is 488 g/mol. The molecule has 1 aromatic rings. The van der Waals surface area contributed by atoms with Crippen molar-refractivity contribution in [2.75, 3.05) is 25.5 Å². The summed E-state index contributed by atoms with van der Waals surface area (Å²) in [6.07, 6.45) is 3.49. The number of fused-ring (bicyclic) bond motifs is 1. The fourth-order valence-electron chi connectivity index (χ4n) is 5.70. The maximum atomic E-state index is 15.5. The maximum absolute atomic E-state index is 15.5. The number of primary amides is 1. The SMILES string of the molecule is CC1=C(F)C([C@@H]2CNc3cc(C)c(F)cc3[C@@H](O)C3(CCC(C)(C)CC3)N[C@H]2C(N)=O)=CCN1C. The lowest BCUT2D eigenvalue weighted by molar-refractivity contribution is -0.122. The largest absolute Gasteiger partial charge is 0.386 e. The number of nitrogens with one attached hydrogen (secondary N) is 2. The smallest absolute Gasteiger partial charge is 0.235 e. The van der Waals surface area contributed by atoms with Gasteiger partial charge in [-0.2, -0.15) is 0 Å². The van der Waals surface area contributed by atoms with Crippen molar-refractivity contribution in [3.05, 3.63) is 52.2 Å². The molecular weight excluding hydrogens is 450 g/mol. The molecule has 1 spiro atoms. The number of hydrogen-bond acceptors (Lipinski definition) is 5. The predicted molar refractivity (Wildman–Crippen MR) is 134 cm³/mol. The number of rotatable bonds is 2. The molecule has 2 heterocycles. The third-order valence-corrected chi connectivity index (χ3v) is 8.44. The zero-order valence-corrected chi connectivity index (χ0v) is 21.3. The second-order valence-electron chi connectivity index (χ2n) is 11.4. The molecule has 1 saturated carbocycles. The maximum Gasteiger partial charge on any atom is 0.235 e. The van der Waals surface area contributed by atoms with Crippen molar-refractivity contribution in [3.8, 4) is 0 Å². The van der Waals surface area contributed by atoms with Crippen molar-refractivity contribution in [2.24, 2.45) is 17.1 Å². The number of carbonyl (C=O) groups excluding carboxylic acids is 1. The molecule has 1 amide bonds. The minimum atomic E-state index is -1.08. The van der Waals surface area contributed by atoms with Gasteiger partial charge in [-0.05, 0) is 68.2 Å². The normalized spacial score (nSPS) is 28.4. The predicted octanol–water partition coefficient (Wildman–Crippen LogP) is 4.06. The second kappa shape index (κ2) is 9.21. The van der Waals surface area contributed by atoms with E-state index in [1.807, 2.05) is 11.9 Å². The number of likely N-dealkylation sites (N-methyl/N-ethyl adjacent to an activating group) is 1. The van der Waals surface area contributed by atoms with Crippen LogP contribution in [0.2, 0.25) is 0 Å². The molecule has 8 heteroatoms. The minimum Gasteiger partial charge on any atom is -0.386 e. The Balaban J connectivity index is 1.86. The molecule has 5 N–H and O–H groups in total. The number of halogens is 2. The van der Waals surface area contributed by atoms with E-state index in [1.54, 1.807) is 26.0 Å². The standard InChI is InChI=1S/C27H38F2N4O2/c1-15-12-21-18(13-20(15)28)24(34)27(9-7-26(3,4)8-10-27)32-23(25(30)35)19(14-31-21)17-6-11-33(5)16(2)22(17)29/h6,12-13,19,23-24,31-32,34H,7-11,14H2,1-5H3,(H2,30,35)/t19-,23+,24+/m0/s1. The van der Waals surface area contributed by atoms with Gasteiger partial charge in [0.2, 0.25) is 5.91 Å². The van der Waals surface area contributed by atoms with Crippen LogP contribution in [0.3, 0.4) is 0 Å². The first-order valence-electron chi connectivity index (χ1n) is 12.4. The van der Waals surface area contributed by atoms with E-state index in [9.17, 15) is 14.3 Å². The number of hydrogen-bond donors (Lipinski definition) is 4. The van der Waals surface area contributed by atoms with E-state index < -0.39 is 35.3 Å². The van der Waals surface area contributed by atoms with Crippen LogP contribution in [0.15, 0.2) is 35.3 Å². The third kappa shape index (κ3) is 4.70. The first-order valence-corrected chi connectivity index (χ1v) is 12.4. The van der Waals surface area contributed by atoms with Gasteiger partial charge in [0, 0.05) is 48.5 Å². The van der Waals surface area contributed by atoms with Gasteiger partial charge in [-0.1, -0.05) is 19.9 Å². The molecule has 2 aliphatic heterocycles. The van der Waals surface area contributed by atoms with Crippen molar-refractivity contribution < 1.29 is 18.7 Å². The number of nitrogens with zero attached hydrogens (tertiary/aromatic N) is 1. The van der Waals surface area contributed by atoms with E-state index in [4.69, 9.17) is 5.73 Å². The average Bonchev–Trinajstić information content (AvgIpc) is 2.84. The van der Waals surface area contributed by atoms with Crippen LogP contribution in [0.4, 0.5) is 14.5 Å². The van der Waals surface area contributed by atoms with Crippen molar-refractivity contribution in [1.29, 1.82) is 0 Å². The van der Waals surface area contributed by atoms with Gasteiger partial charge >= 0.3 is 0 Å². The quantitative estimate of drug-likeness (QED) is 0.504. The summed E-state index contributed by atoms with van der Waals surface area (Å²) in [6.45, 7) is 8.46. The van der Waals surface area contributed by atoms with Crippen molar-refractivity contribution in [3.63, 3.8) is 0 Å². The number of aliphatic hydroxyl groups excluding tert-OH is 1. The number of amides is 1. The van der Waals surface area contributed by atoms with Gasteiger partial charge in [0.1, 0.15) is 11.6 Å². The summed E-state index contributed by atoms with van der Waals surface area (Å²) < 4.78 is 30.2. The van der Waals surface area contributed by atoms with Crippen LogP contribution in [-0.2, 0) is 4.79 Å². The van der Waals surface area contributed by atoms with E-state index in [0.29, 0.717) is 47.5 Å². The van der Waals surface area contributed by atoms with Crippen LogP contribution in [0.1, 0.15) is 63.7 Å². The third-order valence-electron chi connectivity index (χ3n) is 8.44. The Morgan fingerprint density at radius 1 is 1.17 bits per heavy atom. The summed E-state index contributed by atoms with van der Waals surface area (Å²) in [5, 5.41) is 18.5. The van der Waals surface area contributed by atoms with Gasteiger partial charge in [-0.3, -0.25) is 10.1 Å². The molecule has 0 saturated heterocycles. The first-order chi connectivity index (χ1) is 16.3. The lowest BCUT2D eigenvalue weighted by Crippen LogP contribution is -2.62. The number of allylic oxidation sites excluding steroid dienone is 2. The first kappa shape index (κ1) is 25.6. The highest BCUT2D eigenvalue weighted by Gasteiger charge is 2.49. The van der Waals surface area contributed by atoms with Crippen molar-refractivity contribution in [2.45, 2.75) is 71.1 Å². The van der Waals surface area contributed by atoms with Gasteiger partial charge in [-0.25, -0.2) is 8.78 Å². The number of aryl methyl sites for hydroxylation is 1. The lowest BCUT2D eigenvalue weighted by Gasteiger charge is -2.49. The van der Waals surface area contributed by atoms with Gasteiger partial charge in [0.05, 0.1) is 12.1 Å². The van der Waals surface area contributed by atoms with Crippen LogP contribution in [0, 0.1) is 24.1 Å². The summed E-state index contributed by atoms with van der Waals surface area (Å²) in [5.74, 6) is -1.99. The Morgan fingerprint density at radius 3 is 2.46 bits per heavy atom.